The summed E-state index contributed by atoms with van der Waals surface area (Å²) in [5.41, 5.74) is 2.26. The Kier molecular flexibility index (Phi) is 8.64. The number of halogens is 4. The lowest BCUT2D eigenvalue weighted by atomic mass is 10.1. The van der Waals surface area contributed by atoms with Crippen LogP contribution in [0.25, 0.3) is 0 Å². The number of benzene rings is 3. The maximum Gasteiger partial charge on any atom is 0.416 e. The number of hydrogen-bond donors (Lipinski definition) is 1. The first-order valence-electron chi connectivity index (χ1n) is 10.4. The van der Waals surface area contributed by atoms with E-state index in [9.17, 15) is 28.1 Å². The third kappa shape index (κ3) is 7.04. The number of nitrogens with one attached hydrogen (secondary N) is 1. The Morgan fingerprint density at radius 2 is 1.86 bits per heavy atom. The maximum atomic E-state index is 12.9. The molecule has 1 N–H and O–H groups in total. The van der Waals surface area contributed by atoms with Gasteiger partial charge in [0, 0.05) is 17.7 Å². The number of carbonyl (C=O) groups excluding carboxylic acids is 1. The topological polar surface area (TPSA) is 103 Å². The molecule has 36 heavy (non-hydrogen) atoms. The fourth-order valence-electron chi connectivity index (χ4n) is 3.00. The third-order valence-corrected chi connectivity index (χ3v) is 5.28. The molecule has 0 spiro atoms. The Labute approximate surface area is 212 Å². The van der Waals surface area contributed by atoms with Gasteiger partial charge in [-0.25, -0.2) is 5.43 Å². The van der Waals surface area contributed by atoms with Crippen LogP contribution in [0.5, 0.6) is 11.5 Å². The predicted octanol–water partition coefficient (Wildman–Crippen LogP) is 6.12. The highest BCUT2D eigenvalue weighted by molar-refractivity contribution is 9.10. The van der Waals surface area contributed by atoms with Crippen molar-refractivity contribution in [1.29, 1.82) is 0 Å². The van der Waals surface area contributed by atoms with E-state index in [4.69, 9.17) is 9.47 Å². The highest BCUT2D eigenvalue weighted by Crippen LogP contribution is 2.37. The number of amides is 1. The zero-order valence-corrected chi connectivity index (χ0v) is 20.3. The molecule has 188 valence electrons. The molecule has 0 aliphatic heterocycles. The van der Waals surface area contributed by atoms with Gasteiger partial charge < -0.3 is 9.47 Å². The summed E-state index contributed by atoms with van der Waals surface area (Å²) in [6.07, 6.45) is -3.26. The average molecular weight is 566 g/mol. The second kappa shape index (κ2) is 11.7. The van der Waals surface area contributed by atoms with E-state index < -0.39 is 22.6 Å². The van der Waals surface area contributed by atoms with Gasteiger partial charge in [-0.05, 0) is 76.4 Å². The Morgan fingerprint density at radius 1 is 1.14 bits per heavy atom. The lowest BCUT2D eigenvalue weighted by molar-refractivity contribution is -0.384. The molecule has 1 amide bonds. The first-order chi connectivity index (χ1) is 17.1. The minimum absolute atomic E-state index is 0.0290. The number of nitro groups is 1. The summed E-state index contributed by atoms with van der Waals surface area (Å²) in [6.45, 7) is 2.23. The summed E-state index contributed by atoms with van der Waals surface area (Å²) < 4.78 is 50.6. The minimum atomic E-state index is -4.57. The predicted molar refractivity (Wildman–Crippen MR) is 129 cm³/mol. The summed E-state index contributed by atoms with van der Waals surface area (Å²) in [5, 5.41) is 14.6. The fraction of sp³-hybridized carbons (Fsp3) is 0.167. The van der Waals surface area contributed by atoms with Crippen LogP contribution in [0, 0.1) is 10.1 Å². The Bertz CT molecular complexity index is 1280. The van der Waals surface area contributed by atoms with Crippen LogP contribution < -0.4 is 14.9 Å². The van der Waals surface area contributed by atoms with E-state index in [1.807, 2.05) is 0 Å². The summed E-state index contributed by atoms with van der Waals surface area (Å²) >= 11 is 3.41. The van der Waals surface area contributed by atoms with E-state index in [-0.39, 0.29) is 17.9 Å². The monoisotopic (exact) mass is 565 g/mol. The number of hydrazone groups is 1. The average Bonchev–Trinajstić information content (AvgIpc) is 2.83. The van der Waals surface area contributed by atoms with Gasteiger partial charge in [-0.1, -0.05) is 6.07 Å². The Morgan fingerprint density at radius 3 is 2.50 bits per heavy atom. The van der Waals surface area contributed by atoms with E-state index in [0.717, 1.165) is 18.2 Å². The van der Waals surface area contributed by atoms with Crippen molar-refractivity contribution in [2.45, 2.75) is 19.7 Å². The van der Waals surface area contributed by atoms with Crippen LogP contribution in [0.4, 0.5) is 18.9 Å². The highest BCUT2D eigenvalue weighted by atomic mass is 79.9. The summed E-state index contributed by atoms with van der Waals surface area (Å²) in [4.78, 5) is 22.5. The second-order valence-electron chi connectivity index (χ2n) is 7.25. The van der Waals surface area contributed by atoms with E-state index in [2.05, 4.69) is 26.5 Å². The molecular formula is C24H19BrF3N3O5. The number of ether oxygens (including phenoxy) is 2. The SMILES string of the molecule is CCOc1cc(/C=N\NC(=O)c2cccc(C(F)(F)F)c2)cc(Br)c1OCc1ccc([N+](=O)[O-])cc1. The van der Waals surface area contributed by atoms with Crippen molar-refractivity contribution in [3.8, 4) is 11.5 Å². The zero-order valence-electron chi connectivity index (χ0n) is 18.7. The lowest BCUT2D eigenvalue weighted by Crippen LogP contribution is -2.18. The molecule has 0 saturated carbocycles. The largest absolute Gasteiger partial charge is 0.490 e. The van der Waals surface area contributed by atoms with E-state index in [1.54, 1.807) is 31.2 Å². The molecule has 3 aromatic carbocycles. The van der Waals surface area contributed by atoms with Gasteiger partial charge in [-0.15, -0.1) is 0 Å². The van der Waals surface area contributed by atoms with Crippen LogP contribution in [-0.4, -0.2) is 23.7 Å². The van der Waals surface area contributed by atoms with Crippen molar-refractivity contribution in [2.24, 2.45) is 5.10 Å². The first kappa shape index (κ1) is 26.7. The normalized spacial score (nSPS) is 11.4. The van der Waals surface area contributed by atoms with Gasteiger partial charge in [0.25, 0.3) is 11.6 Å². The van der Waals surface area contributed by atoms with E-state index >= 15 is 0 Å². The van der Waals surface area contributed by atoms with Crippen molar-refractivity contribution in [1.82, 2.24) is 5.43 Å². The fourth-order valence-corrected chi connectivity index (χ4v) is 3.58. The first-order valence-corrected chi connectivity index (χ1v) is 11.2. The summed E-state index contributed by atoms with van der Waals surface area (Å²) in [7, 11) is 0. The number of nitro benzene ring substituents is 1. The molecule has 3 aromatic rings. The van der Waals surface area contributed by atoms with Gasteiger partial charge in [-0.3, -0.25) is 14.9 Å². The smallest absolute Gasteiger partial charge is 0.416 e. The van der Waals surface area contributed by atoms with E-state index in [1.165, 1.54) is 24.4 Å². The van der Waals surface area contributed by atoms with Crippen molar-refractivity contribution < 1.29 is 32.4 Å². The maximum absolute atomic E-state index is 12.9. The molecule has 0 radical (unpaired) electrons. The van der Waals surface area contributed by atoms with Gasteiger partial charge >= 0.3 is 6.18 Å². The molecule has 0 saturated heterocycles. The number of hydrogen-bond acceptors (Lipinski definition) is 6. The van der Waals surface area contributed by atoms with Gasteiger partial charge in [-0.2, -0.15) is 18.3 Å². The molecule has 0 fully saturated rings. The Balaban J connectivity index is 1.71. The minimum Gasteiger partial charge on any atom is -0.490 e. The van der Waals surface area contributed by atoms with Gasteiger partial charge in [0.2, 0.25) is 0 Å². The van der Waals surface area contributed by atoms with Crippen LogP contribution in [-0.2, 0) is 12.8 Å². The number of alkyl halides is 3. The summed E-state index contributed by atoms with van der Waals surface area (Å²) in [5.74, 6) is -0.0377. The van der Waals surface area contributed by atoms with Gasteiger partial charge in [0.05, 0.1) is 27.8 Å². The van der Waals surface area contributed by atoms with Crippen molar-refractivity contribution >= 4 is 33.7 Å². The van der Waals surface area contributed by atoms with E-state index in [0.29, 0.717) is 33.7 Å². The van der Waals surface area contributed by atoms with Crippen molar-refractivity contribution in [3.63, 3.8) is 0 Å². The molecule has 0 aromatic heterocycles. The number of carbonyl (C=O) groups is 1. The molecule has 0 heterocycles. The lowest BCUT2D eigenvalue weighted by Gasteiger charge is -2.14. The third-order valence-electron chi connectivity index (χ3n) is 4.69. The zero-order chi connectivity index (χ0) is 26.3. The van der Waals surface area contributed by atoms with Crippen molar-refractivity contribution in [2.75, 3.05) is 6.61 Å². The van der Waals surface area contributed by atoms with Crippen molar-refractivity contribution in [3.05, 3.63) is 97.5 Å². The molecule has 12 heteroatoms. The number of rotatable bonds is 9. The molecule has 0 atom stereocenters. The van der Waals surface area contributed by atoms with Crippen LogP contribution in [0.1, 0.15) is 34.0 Å². The molecule has 3 rings (SSSR count). The standard InChI is InChI=1S/C24H19BrF3N3O5/c1-2-35-21-11-16(13-29-30-23(32)17-4-3-5-18(12-17)24(26,27)28)10-20(25)22(21)36-14-15-6-8-19(9-7-15)31(33)34/h3-13H,2,14H2,1H3,(H,30,32)/b29-13-. The molecule has 0 unspecified atom stereocenters. The Hall–Kier alpha value is -3.93. The second-order valence-corrected chi connectivity index (χ2v) is 8.11. The molecular weight excluding hydrogens is 547 g/mol. The molecule has 0 bridgehead atoms. The molecule has 0 aliphatic carbocycles. The van der Waals surface area contributed by atoms with Crippen LogP contribution >= 0.6 is 15.9 Å². The molecule has 8 nitrogen and oxygen atoms in total. The van der Waals surface area contributed by atoms with Gasteiger partial charge in [0.1, 0.15) is 6.61 Å². The van der Waals surface area contributed by atoms with Crippen LogP contribution in [0.15, 0.2) is 70.2 Å². The van der Waals surface area contributed by atoms with Gasteiger partial charge in [0.15, 0.2) is 11.5 Å². The summed E-state index contributed by atoms with van der Waals surface area (Å²) in [6, 6.07) is 13.2. The quantitative estimate of drug-likeness (QED) is 0.191. The highest BCUT2D eigenvalue weighted by Gasteiger charge is 2.30. The van der Waals surface area contributed by atoms with Crippen LogP contribution in [0.2, 0.25) is 0 Å². The molecule has 0 aliphatic rings. The van der Waals surface area contributed by atoms with Crippen LogP contribution in [0.3, 0.4) is 0 Å². The number of nitrogens with zero attached hydrogens (tertiary/aromatic N) is 2. The number of non-ortho nitro benzene ring substituents is 1.